The first-order valence-electron chi connectivity index (χ1n) is 6.06. The van der Waals surface area contributed by atoms with E-state index in [0.29, 0.717) is 0 Å². The molecule has 1 aliphatic rings. The maximum absolute atomic E-state index is 11.7. The quantitative estimate of drug-likeness (QED) is 0.868. The molecule has 0 aliphatic heterocycles. The van der Waals surface area contributed by atoms with Gasteiger partial charge in [-0.15, -0.1) is 0 Å². The van der Waals surface area contributed by atoms with Gasteiger partial charge in [0.15, 0.2) is 0 Å². The topological polar surface area (TPSA) is 38.3 Å². The molecule has 1 saturated carbocycles. The van der Waals surface area contributed by atoms with Crippen molar-refractivity contribution in [2.45, 2.75) is 32.7 Å². The molecule has 3 nitrogen and oxygen atoms in total. The SMILES string of the molecule is COc1ccc(C)cc1[C@@H](C)NC(=O)C1CC1. The average molecular weight is 233 g/mol. The van der Waals surface area contributed by atoms with Gasteiger partial charge in [-0.3, -0.25) is 4.79 Å². The zero-order chi connectivity index (χ0) is 12.4. The molecule has 1 fully saturated rings. The molecule has 2 rings (SSSR count). The molecule has 1 aliphatic carbocycles. The third kappa shape index (κ3) is 2.78. The van der Waals surface area contributed by atoms with E-state index in [-0.39, 0.29) is 17.9 Å². The molecule has 0 heterocycles. The summed E-state index contributed by atoms with van der Waals surface area (Å²) in [7, 11) is 1.66. The lowest BCUT2D eigenvalue weighted by Gasteiger charge is -2.17. The Hall–Kier alpha value is -1.51. The number of methoxy groups -OCH3 is 1. The highest BCUT2D eigenvalue weighted by Crippen LogP contribution is 2.31. The van der Waals surface area contributed by atoms with E-state index in [1.165, 1.54) is 5.56 Å². The lowest BCUT2D eigenvalue weighted by Crippen LogP contribution is -2.28. The first-order chi connectivity index (χ1) is 8.11. The van der Waals surface area contributed by atoms with E-state index in [9.17, 15) is 4.79 Å². The smallest absolute Gasteiger partial charge is 0.223 e. The van der Waals surface area contributed by atoms with E-state index < -0.39 is 0 Å². The fraction of sp³-hybridized carbons (Fsp3) is 0.500. The van der Waals surface area contributed by atoms with Crippen LogP contribution in [0.5, 0.6) is 5.75 Å². The van der Waals surface area contributed by atoms with Crippen molar-refractivity contribution in [1.29, 1.82) is 0 Å². The first-order valence-corrected chi connectivity index (χ1v) is 6.06. The van der Waals surface area contributed by atoms with Gasteiger partial charge in [-0.2, -0.15) is 0 Å². The summed E-state index contributed by atoms with van der Waals surface area (Å²) in [5, 5.41) is 3.04. The van der Waals surface area contributed by atoms with E-state index in [2.05, 4.69) is 11.4 Å². The van der Waals surface area contributed by atoms with Gasteiger partial charge < -0.3 is 10.1 Å². The van der Waals surface area contributed by atoms with Gasteiger partial charge in [-0.25, -0.2) is 0 Å². The van der Waals surface area contributed by atoms with Crippen LogP contribution in [0.3, 0.4) is 0 Å². The summed E-state index contributed by atoms with van der Waals surface area (Å²) in [4.78, 5) is 11.7. The van der Waals surface area contributed by atoms with E-state index in [1.54, 1.807) is 7.11 Å². The van der Waals surface area contributed by atoms with Crippen LogP contribution in [0.1, 0.15) is 36.9 Å². The third-order valence-corrected chi connectivity index (χ3v) is 3.16. The molecule has 0 radical (unpaired) electrons. The van der Waals surface area contributed by atoms with Crippen molar-refractivity contribution in [3.63, 3.8) is 0 Å². The average Bonchev–Trinajstić information content (AvgIpc) is 3.12. The summed E-state index contributed by atoms with van der Waals surface area (Å²) in [6, 6.07) is 6.02. The maximum atomic E-state index is 11.7. The molecule has 3 heteroatoms. The molecular weight excluding hydrogens is 214 g/mol. The maximum Gasteiger partial charge on any atom is 0.223 e. The largest absolute Gasteiger partial charge is 0.496 e. The number of hydrogen-bond acceptors (Lipinski definition) is 2. The predicted molar refractivity (Wildman–Crippen MR) is 67.0 cm³/mol. The molecule has 0 bridgehead atoms. The number of nitrogens with one attached hydrogen (secondary N) is 1. The highest BCUT2D eigenvalue weighted by Gasteiger charge is 2.30. The number of rotatable bonds is 4. The second kappa shape index (κ2) is 4.78. The van der Waals surface area contributed by atoms with E-state index in [1.807, 2.05) is 26.0 Å². The molecule has 0 saturated heterocycles. The Kier molecular flexibility index (Phi) is 3.36. The van der Waals surface area contributed by atoms with Gasteiger partial charge in [-0.05, 0) is 32.8 Å². The molecule has 1 atom stereocenters. The Morgan fingerprint density at radius 2 is 2.18 bits per heavy atom. The second-order valence-electron chi connectivity index (χ2n) is 4.75. The molecule has 0 spiro atoms. The molecule has 1 amide bonds. The second-order valence-corrected chi connectivity index (χ2v) is 4.75. The van der Waals surface area contributed by atoms with Crippen LogP contribution in [-0.4, -0.2) is 13.0 Å². The summed E-state index contributed by atoms with van der Waals surface area (Å²) in [5.74, 6) is 1.24. The minimum absolute atomic E-state index is 0.00190. The molecule has 92 valence electrons. The van der Waals surface area contributed by atoms with Crippen LogP contribution in [0.25, 0.3) is 0 Å². The number of hydrogen-bond donors (Lipinski definition) is 1. The molecule has 17 heavy (non-hydrogen) atoms. The van der Waals surface area contributed by atoms with Gasteiger partial charge in [0.1, 0.15) is 5.75 Å². The zero-order valence-corrected chi connectivity index (χ0v) is 10.6. The van der Waals surface area contributed by atoms with Crippen LogP contribution in [0, 0.1) is 12.8 Å². The van der Waals surface area contributed by atoms with Crippen LogP contribution in [0.4, 0.5) is 0 Å². The Bertz CT molecular complexity index is 424. The first kappa shape index (κ1) is 12.0. The molecule has 0 aromatic heterocycles. The lowest BCUT2D eigenvalue weighted by molar-refractivity contribution is -0.122. The van der Waals surface area contributed by atoms with Gasteiger partial charge >= 0.3 is 0 Å². The number of aryl methyl sites for hydroxylation is 1. The summed E-state index contributed by atoms with van der Waals surface area (Å²) in [5.41, 5.74) is 2.22. The van der Waals surface area contributed by atoms with Gasteiger partial charge in [0.25, 0.3) is 0 Å². The molecule has 0 unspecified atom stereocenters. The Morgan fingerprint density at radius 1 is 1.47 bits per heavy atom. The predicted octanol–water partition coefficient (Wildman–Crippen LogP) is 2.59. The van der Waals surface area contributed by atoms with Crippen LogP contribution in [0.2, 0.25) is 0 Å². The summed E-state index contributed by atoms with van der Waals surface area (Å²) < 4.78 is 5.33. The van der Waals surface area contributed by atoms with Gasteiger partial charge in [0.05, 0.1) is 13.2 Å². The standard InChI is InChI=1S/C14H19NO2/c1-9-4-7-13(17-3)12(8-9)10(2)15-14(16)11-5-6-11/h4,7-8,10-11H,5-6H2,1-3H3,(H,15,16)/t10-/m1/s1. The Morgan fingerprint density at radius 3 is 2.76 bits per heavy atom. The highest BCUT2D eigenvalue weighted by molar-refractivity contribution is 5.81. The summed E-state index contributed by atoms with van der Waals surface area (Å²) >= 11 is 0. The molecule has 1 aromatic carbocycles. The monoisotopic (exact) mass is 233 g/mol. The van der Waals surface area contributed by atoms with Crippen molar-refractivity contribution in [3.8, 4) is 5.75 Å². The minimum atomic E-state index is -0.00190. The van der Waals surface area contributed by atoms with E-state index >= 15 is 0 Å². The van der Waals surface area contributed by atoms with Gasteiger partial charge in [0.2, 0.25) is 5.91 Å². The van der Waals surface area contributed by atoms with Crippen LogP contribution < -0.4 is 10.1 Å². The van der Waals surface area contributed by atoms with Crippen LogP contribution >= 0.6 is 0 Å². The van der Waals surface area contributed by atoms with Gasteiger partial charge in [-0.1, -0.05) is 17.7 Å². The van der Waals surface area contributed by atoms with Crippen molar-refractivity contribution in [3.05, 3.63) is 29.3 Å². The number of amides is 1. The number of ether oxygens (including phenoxy) is 1. The highest BCUT2D eigenvalue weighted by atomic mass is 16.5. The van der Waals surface area contributed by atoms with Crippen molar-refractivity contribution in [2.75, 3.05) is 7.11 Å². The molecular formula is C14H19NO2. The fourth-order valence-corrected chi connectivity index (χ4v) is 1.95. The van der Waals surface area contributed by atoms with Crippen molar-refractivity contribution >= 4 is 5.91 Å². The Labute approximate surface area is 102 Å². The van der Waals surface area contributed by atoms with E-state index in [4.69, 9.17) is 4.74 Å². The fourth-order valence-electron chi connectivity index (χ4n) is 1.95. The number of benzene rings is 1. The van der Waals surface area contributed by atoms with E-state index in [0.717, 1.165) is 24.2 Å². The summed E-state index contributed by atoms with van der Waals surface area (Å²) in [6.45, 7) is 4.04. The lowest BCUT2D eigenvalue weighted by atomic mass is 10.0. The van der Waals surface area contributed by atoms with Crippen molar-refractivity contribution in [2.24, 2.45) is 5.92 Å². The van der Waals surface area contributed by atoms with Gasteiger partial charge in [0, 0.05) is 11.5 Å². The third-order valence-electron chi connectivity index (χ3n) is 3.16. The number of carbonyl (C=O) groups is 1. The normalized spacial score (nSPS) is 16.4. The van der Waals surface area contributed by atoms with Crippen LogP contribution in [-0.2, 0) is 4.79 Å². The molecule has 1 aromatic rings. The summed E-state index contributed by atoms with van der Waals surface area (Å²) in [6.07, 6.45) is 2.06. The molecule has 1 N–H and O–H groups in total. The number of carbonyl (C=O) groups excluding carboxylic acids is 1. The van der Waals surface area contributed by atoms with Crippen molar-refractivity contribution in [1.82, 2.24) is 5.32 Å². The van der Waals surface area contributed by atoms with Crippen LogP contribution in [0.15, 0.2) is 18.2 Å². The zero-order valence-electron chi connectivity index (χ0n) is 10.6. The Balaban J connectivity index is 2.13. The minimum Gasteiger partial charge on any atom is -0.496 e. The van der Waals surface area contributed by atoms with Crippen molar-refractivity contribution < 1.29 is 9.53 Å².